The molecule has 1 aliphatic heterocycles. The van der Waals surface area contributed by atoms with Gasteiger partial charge in [0.1, 0.15) is 11.9 Å². The summed E-state index contributed by atoms with van der Waals surface area (Å²) in [6, 6.07) is 20.3. The zero-order valence-corrected chi connectivity index (χ0v) is 20.8. The molecule has 1 saturated carbocycles. The van der Waals surface area contributed by atoms with Gasteiger partial charge in [-0.25, -0.2) is 4.39 Å². The van der Waals surface area contributed by atoms with E-state index in [2.05, 4.69) is 31.2 Å². The van der Waals surface area contributed by atoms with Crippen molar-refractivity contribution in [3.8, 4) is 17.2 Å². The molecule has 170 valence electrons. The number of nitrogens with zero attached hydrogens (tertiary/aromatic N) is 1. The van der Waals surface area contributed by atoms with E-state index >= 15 is 0 Å². The third kappa shape index (κ3) is 5.90. The van der Waals surface area contributed by atoms with E-state index in [1.807, 2.05) is 12.1 Å². The predicted molar refractivity (Wildman–Crippen MR) is 135 cm³/mol. The molecule has 0 N–H and O–H groups in total. The van der Waals surface area contributed by atoms with Gasteiger partial charge in [0.15, 0.2) is 0 Å². The van der Waals surface area contributed by atoms with E-state index in [1.165, 1.54) is 56.6 Å². The van der Waals surface area contributed by atoms with Crippen LogP contribution in [0.25, 0.3) is 11.1 Å². The minimum absolute atomic E-state index is 0.105. The molecule has 0 aromatic heterocycles. The van der Waals surface area contributed by atoms with E-state index in [0.717, 1.165) is 23.0 Å². The minimum atomic E-state index is -0.441. The Morgan fingerprint density at radius 1 is 0.875 bits per heavy atom. The van der Waals surface area contributed by atoms with Crippen LogP contribution in [-0.2, 0) is 0 Å². The van der Waals surface area contributed by atoms with Gasteiger partial charge in [-0.1, -0.05) is 87.5 Å². The molecule has 0 atom stereocenters. The van der Waals surface area contributed by atoms with E-state index in [4.69, 9.17) is 5.26 Å². The molecule has 2 fully saturated rings. The van der Waals surface area contributed by atoms with E-state index in [1.54, 1.807) is 37.0 Å². The molecule has 1 heterocycles. The lowest BCUT2D eigenvalue weighted by molar-refractivity contribution is 0.280. The highest BCUT2D eigenvalue weighted by molar-refractivity contribution is 6.58. The zero-order chi connectivity index (χ0) is 22.3. The molecule has 0 unspecified atom stereocenters. The largest absolute Gasteiger partial charge is 0.206 e. The van der Waals surface area contributed by atoms with E-state index in [-0.39, 0.29) is 14.4 Å². The maximum Gasteiger partial charge on any atom is 0.141 e. The summed E-state index contributed by atoms with van der Waals surface area (Å²) < 4.78 is 14.0. The average Bonchev–Trinajstić information content (AvgIpc) is 2.84. The topological polar surface area (TPSA) is 23.8 Å². The van der Waals surface area contributed by atoms with Crippen molar-refractivity contribution in [3.63, 3.8) is 0 Å². The summed E-state index contributed by atoms with van der Waals surface area (Å²) >= 11 is 0. The number of hydrogen-bond acceptors (Lipinski definition) is 1. The van der Waals surface area contributed by atoms with Crippen molar-refractivity contribution in [2.45, 2.75) is 88.8 Å². The lowest BCUT2D eigenvalue weighted by Crippen LogP contribution is -2.22. The van der Waals surface area contributed by atoms with Crippen molar-refractivity contribution in [2.24, 2.45) is 11.8 Å². The van der Waals surface area contributed by atoms with E-state index in [0.29, 0.717) is 5.92 Å². The van der Waals surface area contributed by atoms with Crippen molar-refractivity contribution in [1.29, 1.82) is 5.26 Å². The molecule has 4 rings (SSSR count). The summed E-state index contributed by atoms with van der Waals surface area (Å²) in [7, 11) is -0.329. The molecule has 2 aliphatic rings. The number of rotatable bonds is 7. The van der Waals surface area contributed by atoms with Gasteiger partial charge in [-0.05, 0) is 72.3 Å². The fraction of sp³-hybridized carbons (Fsp3) is 0.552. The van der Waals surface area contributed by atoms with Crippen LogP contribution in [0.3, 0.4) is 0 Å². The van der Waals surface area contributed by atoms with Gasteiger partial charge in [0.05, 0.1) is 5.56 Å². The van der Waals surface area contributed by atoms with Crippen LogP contribution in [0.4, 0.5) is 4.39 Å². The fourth-order valence-electron chi connectivity index (χ4n) is 6.21. The molecule has 1 saturated heterocycles. The Morgan fingerprint density at radius 3 is 2.09 bits per heavy atom. The van der Waals surface area contributed by atoms with Crippen LogP contribution in [0, 0.1) is 29.0 Å². The molecule has 1 aliphatic carbocycles. The normalized spacial score (nSPS) is 25.9. The Hall–Kier alpha value is -1.92. The molecule has 0 spiro atoms. The van der Waals surface area contributed by atoms with Crippen LogP contribution in [-0.4, -0.2) is 8.80 Å². The van der Waals surface area contributed by atoms with Crippen molar-refractivity contribution in [1.82, 2.24) is 0 Å². The smallest absolute Gasteiger partial charge is 0.141 e. The third-order valence-corrected chi connectivity index (χ3v) is 12.0. The van der Waals surface area contributed by atoms with Gasteiger partial charge in [-0.15, -0.1) is 0 Å². The molecule has 32 heavy (non-hydrogen) atoms. The Morgan fingerprint density at radius 2 is 1.50 bits per heavy atom. The molecule has 0 amide bonds. The predicted octanol–water partition coefficient (Wildman–Crippen LogP) is 8.47. The second-order valence-electron chi connectivity index (χ2n) is 10.4. The van der Waals surface area contributed by atoms with Gasteiger partial charge >= 0.3 is 0 Å². The van der Waals surface area contributed by atoms with Gasteiger partial charge in [0.25, 0.3) is 0 Å². The fourth-order valence-corrected chi connectivity index (χ4v) is 9.77. The third-order valence-electron chi connectivity index (χ3n) is 8.30. The lowest BCUT2D eigenvalue weighted by Gasteiger charge is -2.32. The Kier molecular flexibility index (Phi) is 8.19. The first-order valence-corrected chi connectivity index (χ1v) is 15.4. The maximum absolute atomic E-state index is 14.0. The molecule has 2 aromatic rings. The number of halogens is 1. The Bertz CT molecular complexity index is 900. The molecular formula is C29H38FNSi. The molecular weight excluding hydrogens is 409 g/mol. The van der Waals surface area contributed by atoms with Crippen LogP contribution >= 0.6 is 0 Å². The highest BCUT2D eigenvalue weighted by atomic mass is 28.3. The van der Waals surface area contributed by atoms with Gasteiger partial charge in [0, 0.05) is 8.80 Å². The quantitative estimate of drug-likeness (QED) is 0.390. The summed E-state index contributed by atoms with van der Waals surface area (Å²) in [4.78, 5) is 0. The molecule has 2 aromatic carbocycles. The van der Waals surface area contributed by atoms with Crippen LogP contribution < -0.4 is 0 Å². The van der Waals surface area contributed by atoms with E-state index < -0.39 is 5.82 Å². The first-order valence-electron chi connectivity index (χ1n) is 13.0. The summed E-state index contributed by atoms with van der Waals surface area (Å²) in [5.74, 6) is 2.21. The highest BCUT2D eigenvalue weighted by Crippen LogP contribution is 2.40. The maximum atomic E-state index is 14.0. The van der Waals surface area contributed by atoms with Crippen molar-refractivity contribution >= 4 is 8.80 Å². The van der Waals surface area contributed by atoms with E-state index in [9.17, 15) is 4.39 Å². The van der Waals surface area contributed by atoms with Crippen LogP contribution in [0.2, 0.25) is 18.1 Å². The number of benzene rings is 2. The summed E-state index contributed by atoms with van der Waals surface area (Å²) in [6.45, 7) is 2.36. The van der Waals surface area contributed by atoms with Crippen LogP contribution in [0.1, 0.15) is 81.8 Å². The highest BCUT2D eigenvalue weighted by Gasteiger charge is 2.25. The minimum Gasteiger partial charge on any atom is -0.206 e. The summed E-state index contributed by atoms with van der Waals surface area (Å²) in [5, 5.41) is 8.92. The van der Waals surface area contributed by atoms with Crippen molar-refractivity contribution < 1.29 is 4.39 Å². The lowest BCUT2D eigenvalue weighted by atomic mass is 9.76. The van der Waals surface area contributed by atoms with Crippen LogP contribution in [0.5, 0.6) is 0 Å². The molecule has 1 nitrogen and oxygen atoms in total. The first kappa shape index (κ1) is 23.2. The van der Waals surface area contributed by atoms with Gasteiger partial charge in [-0.3, -0.25) is 0 Å². The van der Waals surface area contributed by atoms with Gasteiger partial charge in [0.2, 0.25) is 0 Å². The Balaban J connectivity index is 1.23. The zero-order valence-electron chi connectivity index (χ0n) is 19.7. The molecule has 3 heteroatoms. The Labute approximate surface area is 195 Å². The molecule has 0 bridgehead atoms. The summed E-state index contributed by atoms with van der Waals surface area (Å²) in [6.07, 6.45) is 12.8. The average molecular weight is 448 g/mol. The summed E-state index contributed by atoms with van der Waals surface area (Å²) in [5.41, 5.74) is 3.39. The number of hydrogen-bond donors (Lipinski definition) is 0. The second-order valence-corrected chi connectivity index (χ2v) is 13.9. The molecule has 0 radical (unpaired) electrons. The number of nitriles is 1. The monoisotopic (exact) mass is 447 g/mol. The van der Waals surface area contributed by atoms with Crippen molar-refractivity contribution in [2.75, 3.05) is 0 Å². The van der Waals surface area contributed by atoms with Crippen molar-refractivity contribution in [3.05, 3.63) is 59.4 Å². The first-order chi connectivity index (χ1) is 15.7. The standard InChI is InChI=1S/C29H38FNSi/c1-2-17-32-18-15-23(16-19-32)4-3-22-5-7-24(8-6-22)25-9-11-26(12-10-25)27-13-14-28(21-31)29(30)20-27/h9-14,20,22-24,32H,2-8,15-19H2,1H3/t22-,23-,24-,32-. The van der Waals surface area contributed by atoms with Crippen LogP contribution in [0.15, 0.2) is 42.5 Å². The van der Waals surface area contributed by atoms with Gasteiger partial charge in [-0.2, -0.15) is 5.26 Å². The second kappa shape index (κ2) is 11.3. The SMILES string of the molecule is CCC[Si@H]1CC[C@H](CC[C@H]2CC[C@H](c3ccc(-c4ccc(C#N)c(F)c4)cc3)CC2)CC1. The van der Waals surface area contributed by atoms with Gasteiger partial charge < -0.3 is 0 Å².